The Morgan fingerprint density at radius 3 is 2.35 bits per heavy atom. The van der Waals surface area contributed by atoms with Gasteiger partial charge in [-0.3, -0.25) is 0 Å². The maximum absolute atomic E-state index is 6.10. The normalized spacial score (nSPS) is 17.1. The van der Waals surface area contributed by atoms with Crippen molar-refractivity contribution in [1.82, 2.24) is 0 Å². The lowest BCUT2D eigenvalue weighted by atomic mass is 9.87. The molecule has 1 aliphatic rings. The molecule has 0 radical (unpaired) electrons. The first-order valence-corrected chi connectivity index (χ1v) is 7.21. The molecule has 17 heavy (non-hydrogen) atoms. The van der Waals surface area contributed by atoms with Crippen LogP contribution in [-0.4, -0.2) is 6.54 Å². The molecule has 2 rings (SSSR count). The number of hydrogen-bond acceptors (Lipinski definition) is 1. The van der Waals surface area contributed by atoms with Gasteiger partial charge in [0.2, 0.25) is 0 Å². The molecular weight excluding hydrogens is 253 g/mol. The number of nitrogens with one attached hydrogen (secondary N) is 1. The van der Waals surface area contributed by atoms with Crippen molar-refractivity contribution in [3.05, 3.63) is 28.2 Å². The van der Waals surface area contributed by atoms with Gasteiger partial charge in [0, 0.05) is 6.54 Å². The lowest BCUT2D eigenvalue weighted by molar-refractivity contribution is 0.345. The number of anilines is 1. The number of para-hydroxylation sites is 1. The van der Waals surface area contributed by atoms with Gasteiger partial charge in [-0.15, -0.1) is 0 Å². The van der Waals surface area contributed by atoms with Crippen LogP contribution in [-0.2, 0) is 0 Å². The summed E-state index contributed by atoms with van der Waals surface area (Å²) in [5, 5.41) is 4.78. The standard InChI is InChI=1S/C14H19Cl2N/c15-12-7-4-8-13(16)14(12)17-10-9-11-5-2-1-3-6-11/h4,7-8,11,17H,1-3,5-6,9-10H2. The van der Waals surface area contributed by atoms with Crippen molar-refractivity contribution < 1.29 is 0 Å². The predicted molar refractivity (Wildman–Crippen MR) is 76.1 cm³/mol. The summed E-state index contributed by atoms with van der Waals surface area (Å²) in [5.74, 6) is 0.887. The minimum atomic E-state index is 0.709. The molecule has 1 aliphatic carbocycles. The molecule has 3 heteroatoms. The Labute approximate surface area is 114 Å². The Hall–Kier alpha value is -0.400. The van der Waals surface area contributed by atoms with Crippen molar-refractivity contribution >= 4 is 28.9 Å². The van der Waals surface area contributed by atoms with Gasteiger partial charge in [0.25, 0.3) is 0 Å². The van der Waals surface area contributed by atoms with Crippen molar-refractivity contribution in [2.45, 2.75) is 38.5 Å². The summed E-state index contributed by atoms with van der Waals surface area (Å²) in [5.41, 5.74) is 0.881. The molecule has 0 heterocycles. The van der Waals surface area contributed by atoms with Crippen LogP contribution in [0.25, 0.3) is 0 Å². The van der Waals surface area contributed by atoms with Gasteiger partial charge in [0.1, 0.15) is 0 Å². The van der Waals surface area contributed by atoms with Gasteiger partial charge in [0.15, 0.2) is 0 Å². The highest BCUT2D eigenvalue weighted by atomic mass is 35.5. The van der Waals surface area contributed by atoms with E-state index in [1.807, 2.05) is 18.2 Å². The highest BCUT2D eigenvalue weighted by molar-refractivity contribution is 6.39. The van der Waals surface area contributed by atoms with Crippen LogP contribution < -0.4 is 5.32 Å². The van der Waals surface area contributed by atoms with Gasteiger partial charge in [-0.2, -0.15) is 0 Å². The van der Waals surface area contributed by atoms with Crippen molar-refractivity contribution in [3.63, 3.8) is 0 Å². The average Bonchev–Trinajstić information content (AvgIpc) is 2.34. The maximum Gasteiger partial charge on any atom is 0.0718 e. The highest BCUT2D eigenvalue weighted by Crippen LogP contribution is 2.31. The fourth-order valence-corrected chi connectivity index (χ4v) is 3.07. The van der Waals surface area contributed by atoms with E-state index in [0.717, 1.165) is 18.2 Å². The molecule has 0 unspecified atom stereocenters. The molecule has 1 saturated carbocycles. The topological polar surface area (TPSA) is 12.0 Å². The van der Waals surface area contributed by atoms with Crippen molar-refractivity contribution in [1.29, 1.82) is 0 Å². The third kappa shape index (κ3) is 3.79. The van der Waals surface area contributed by atoms with Crippen LogP contribution in [0.2, 0.25) is 10.0 Å². The summed E-state index contributed by atoms with van der Waals surface area (Å²) in [6.07, 6.45) is 8.22. The molecule has 0 spiro atoms. The largest absolute Gasteiger partial charge is 0.383 e. The Morgan fingerprint density at radius 1 is 1.06 bits per heavy atom. The van der Waals surface area contributed by atoms with Gasteiger partial charge in [-0.25, -0.2) is 0 Å². The summed E-state index contributed by atoms with van der Waals surface area (Å²) < 4.78 is 0. The third-order valence-corrected chi connectivity index (χ3v) is 4.17. The van der Waals surface area contributed by atoms with E-state index in [1.54, 1.807) is 0 Å². The smallest absolute Gasteiger partial charge is 0.0718 e. The average molecular weight is 272 g/mol. The molecule has 0 bridgehead atoms. The molecule has 1 aromatic rings. The number of halogens is 2. The molecular formula is C14H19Cl2N. The lowest BCUT2D eigenvalue weighted by Crippen LogP contribution is -2.12. The van der Waals surface area contributed by atoms with Gasteiger partial charge >= 0.3 is 0 Å². The minimum Gasteiger partial charge on any atom is -0.383 e. The molecule has 1 fully saturated rings. The van der Waals surface area contributed by atoms with Crippen LogP contribution >= 0.6 is 23.2 Å². The summed E-state index contributed by atoms with van der Waals surface area (Å²) in [4.78, 5) is 0. The van der Waals surface area contributed by atoms with Gasteiger partial charge < -0.3 is 5.32 Å². The Morgan fingerprint density at radius 2 is 1.71 bits per heavy atom. The second-order valence-electron chi connectivity index (χ2n) is 4.82. The molecule has 0 saturated heterocycles. The zero-order valence-corrected chi connectivity index (χ0v) is 11.5. The van der Waals surface area contributed by atoms with E-state index < -0.39 is 0 Å². The van der Waals surface area contributed by atoms with Crippen molar-refractivity contribution in [2.75, 3.05) is 11.9 Å². The van der Waals surface area contributed by atoms with E-state index >= 15 is 0 Å². The van der Waals surface area contributed by atoms with Crippen LogP contribution in [0, 0.1) is 5.92 Å². The fraction of sp³-hybridized carbons (Fsp3) is 0.571. The molecule has 0 amide bonds. The molecule has 94 valence electrons. The number of benzene rings is 1. The van der Waals surface area contributed by atoms with Gasteiger partial charge in [-0.1, -0.05) is 61.4 Å². The highest BCUT2D eigenvalue weighted by Gasteiger charge is 2.13. The second-order valence-corrected chi connectivity index (χ2v) is 5.63. The van der Waals surface area contributed by atoms with Crippen LogP contribution in [0.5, 0.6) is 0 Å². The molecule has 0 aromatic heterocycles. The summed E-state index contributed by atoms with van der Waals surface area (Å²) >= 11 is 12.2. The zero-order valence-electron chi connectivity index (χ0n) is 10.0. The molecule has 1 nitrogen and oxygen atoms in total. The van der Waals surface area contributed by atoms with E-state index in [2.05, 4.69) is 5.32 Å². The van der Waals surface area contributed by atoms with E-state index in [-0.39, 0.29) is 0 Å². The van der Waals surface area contributed by atoms with E-state index in [9.17, 15) is 0 Å². The third-order valence-electron chi connectivity index (χ3n) is 3.54. The fourth-order valence-electron chi connectivity index (χ4n) is 2.54. The SMILES string of the molecule is Clc1cccc(Cl)c1NCCC1CCCCC1. The first-order chi connectivity index (χ1) is 8.27. The Bertz CT molecular complexity index is 339. The summed E-state index contributed by atoms with van der Waals surface area (Å²) in [7, 11) is 0. The number of rotatable bonds is 4. The summed E-state index contributed by atoms with van der Waals surface area (Å²) in [6.45, 7) is 0.966. The molecule has 1 aromatic carbocycles. The van der Waals surface area contributed by atoms with E-state index in [1.165, 1.54) is 38.5 Å². The molecule has 1 N–H and O–H groups in total. The second kappa shape index (κ2) is 6.51. The predicted octanol–water partition coefficient (Wildman–Crippen LogP) is 5.38. The van der Waals surface area contributed by atoms with Gasteiger partial charge in [-0.05, 0) is 24.5 Å². The zero-order chi connectivity index (χ0) is 12.1. The minimum absolute atomic E-state index is 0.709. The maximum atomic E-state index is 6.10. The van der Waals surface area contributed by atoms with Crippen LogP contribution in [0.1, 0.15) is 38.5 Å². The Kier molecular flexibility index (Phi) is 4.99. The Balaban J connectivity index is 1.81. The van der Waals surface area contributed by atoms with Crippen LogP contribution in [0.4, 0.5) is 5.69 Å². The van der Waals surface area contributed by atoms with Crippen molar-refractivity contribution in [2.24, 2.45) is 5.92 Å². The first kappa shape index (κ1) is 13.0. The number of hydrogen-bond donors (Lipinski definition) is 1. The van der Waals surface area contributed by atoms with Gasteiger partial charge in [0.05, 0.1) is 15.7 Å². The lowest BCUT2D eigenvalue weighted by Gasteiger charge is -2.22. The molecule has 0 atom stereocenters. The summed E-state index contributed by atoms with van der Waals surface area (Å²) in [6, 6.07) is 5.61. The quantitative estimate of drug-likeness (QED) is 0.776. The van der Waals surface area contributed by atoms with E-state index in [0.29, 0.717) is 10.0 Å². The molecule has 0 aliphatic heterocycles. The monoisotopic (exact) mass is 271 g/mol. The van der Waals surface area contributed by atoms with Crippen molar-refractivity contribution in [3.8, 4) is 0 Å². The van der Waals surface area contributed by atoms with Crippen LogP contribution in [0.15, 0.2) is 18.2 Å². The first-order valence-electron chi connectivity index (χ1n) is 6.45. The van der Waals surface area contributed by atoms with E-state index in [4.69, 9.17) is 23.2 Å². The van der Waals surface area contributed by atoms with Crippen LogP contribution in [0.3, 0.4) is 0 Å².